The number of hydrogen-bond acceptors (Lipinski definition) is 4. The maximum absolute atomic E-state index is 11.7. The summed E-state index contributed by atoms with van der Waals surface area (Å²) in [5.41, 5.74) is 1.81. The van der Waals surface area contributed by atoms with Gasteiger partial charge >= 0.3 is 11.8 Å². The molecule has 0 saturated carbocycles. The molecule has 0 atom stereocenters. The second kappa shape index (κ2) is 8.53. The molecular weight excluding hydrogens is 294 g/mol. The van der Waals surface area contributed by atoms with E-state index in [0.717, 1.165) is 16.9 Å². The lowest BCUT2D eigenvalue weighted by molar-refractivity contribution is -0.139. The molecule has 6 nitrogen and oxygen atoms in total. The monoisotopic (exact) mass is 313 g/mol. The van der Waals surface area contributed by atoms with Crippen molar-refractivity contribution in [2.75, 3.05) is 13.7 Å². The Morgan fingerprint density at radius 3 is 2.61 bits per heavy atom. The molecule has 0 radical (unpaired) electrons. The van der Waals surface area contributed by atoms with Crippen molar-refractivity contribution in [1.82, 2.24) is 15.6 Å². The highest BCUT2D eigenvalue weighted by Gasteiger charge is 2.12. The van der Waals surface area contributed by atoms with Gasteiger partial charge < -0.3 is 15.4 Å². The predicted molar refractivity (Wildman–Crippen MR) is 85.8 cm³/mol. The number of benzene rings is 1. The smallest absolute Gasteiger partial charge is 0.309 e. The second-order valence-electron chi connectivity index (χ2n) is 4.86. The zero-order chi connectivity index (χ0) is 16.5. The Bertz CT molecular complexity index is 659. The number of hydrogen-bond donors (Lipinski definition) is 2. The Morgan fingerprint density at radius 1 is 1.09 bits per heavy atom. The highest BCUT2D eigenvalue weighted by molar-refractivity contribution is 6.35. The molecule has 0 fully saturated rings. The minimum absolute atomic E-state index is 0.270. The molecular formula is C17H19N3O3. The Labute approximate surface area is 134 Å². The van der Waals surface area contributed by atoms with Crippen LogP contribution >= 0.6 is 0 Å². The molecule has 0 unspecified atom stereocenters. The van der Waals surface area contributed by atoms with Crippen LogP contribution in [0.3, 0.4) is 0 Å². The Hall–Kier alpha value is -2.89. The van der Waals surface area contributed by atoms with E-state index < -0.39 is 11.8 Å². The van der Waals surface area contributed by atoms with E-state index in [4.69, 9.17) is 4.74 Å². The van der Waals surface area contributed by atoms with Crippen LogP contribution in [0.15, 0.2) is 48.8 Å². The maximum Gasteiger partial charge on any atom is 0.309 e. The summed E-state index contributed by atoms with van der Waals surface area (Å²) >= 11 is 0. The number of carbonyl (C=O) groups excluding carboxylic acids is 2. The molecule has 1 heterocycles. The maximum atomic E-state index is 11.7. The fourth-order valence-electron chi connectivity index (χ4n) is 2.07. The zero-order valence-electron chi connectivity index (χ0n) is 12.9. The summed E-state index contributed by atoms with van der Waals surface area (Å²) in [6.45, 7) is 0.631. The van der Waals surface area contributed by atoms with E-state index in [1.165, 1.54) is 0 Å². The van der Waals surface area contributed by atoms with Gasteiger partial charge in [-0.05, 0) is 29.7 Å². The minimum Gasteiger partial charge on any atom is -0.496 e. The highest BCUT2D eigenvalue weighted by atomic mass is 16.5. The van der Waals surface area contributed by atoms with Gasteiger partial charge in [-0.15, -0.1) is 0 Å². The van der Waals surface area contributed by atoms with Gasteiger partial charge in [0.1, 0.15) is 5.75 Å². The SMILES string of the molecule is COc1ccccc1CCNC(=O)C(=O)NCc1cccnc1. The topological polar surface area (TPSA) is 80.3 Å². The molecule has 2 amide bonds. The van der Waals surface area contributed by atoms with E-state index in [1.54, 1.807) is 25.6 Å². The fraction of sp³-hybridized carbons (Fsp3) is 0.235. The van der Waals surface area contributed by atoms with Gasteiger partial charge in [0.05, 0.1) is 7.11 Å². The lowest BCUT2D eigenvalue weighted by Gasteiger charge is -2.09. The summed E-state index contributed by atoms with van der Waals surface area (Å²) in [5.74, 6) is -0.541. The molecule has 2 aromatic rings. The molecule has 0 spiro atoms. The van der Waals surface area contributed by atoms with Crippen molar-refractivity contribution in [2.24, 2.45) is 0 Å². The predicted octanol–water partition coefficient (Wildman–Crippen LogP) is 1.07. The first-order valence-corrected chi connectivity index (χ1v) is 7.27. The number of pyridine rings is 1. The molecule has 0 saturated heterocycles. The van der Waals surface area contributed by atoms with E-state index in [-0.39, 0.29) is 6.54 Å². The summed E-state index contributed by atoms with van der Waals surface area (Å²) in [7, 11) is 1.60. The van der Waals surface area contributed by atoms with Gasteiger partial charge in [0.2, 0.25) is 0 Å². The summed E-state index contributed by atoms with van der Waals surface area (Å²) in [6.07, 6.45) is 3.88. The zero-order valence-corrected chi connectivity index (χ0v) is 12.9. The van der Waals surface area contributed by atoms with Gasteiger partial charge in [-0.25, -0.2) is 0 Å². The molecule has 0 aliphatic rings. The molecule has 6 heteroatoms. The van der Waals surface area contributed by atoms with Gasteiger partial charge in [0.15, 0.2) is 0 Å². The molecule has 1 aromatic heterocycles. The van der Waals surface area contributed by atoms with Gasteiger partial charge in [-0.2, -0.15) is 0 Å². The first-order chi connectivity index (χ1) is 11.2. The van der Waals surface area contributed by atoms with Gasteiger partial charge in [-0.3, -0.25) is 14.6 Å². The van der Waals surface area contributed by atoms with Crippen LogP contribution in [0.4, 0.5) is 0 Å². The minimum atomic E-state index is -0.658. The highest BCUT2D eigenvalue weighted by Crippen LogP contribution is 2.17. The largest absolute Gasteiger partial charge is 0.496 e. The Kier molecular flexibility index (Phi) is 6.11. The second-order valence-corrected chi connectivity index (χ2v) is 4.86. The molecule has 2 N–H and O–H groups in total. The third-order valence-corrected chi connectivity index (χ3v) is 3.25. The molecule has 2 rings (SSSR count). The number of rotatable bonds is 6. The van der Waals surface area contributed by atoms with E-state index in [2.05, 4.69) is 15.6 Å². The lowest BCUT2D eigenvalue weighted by Crippen LogP contribution is -2.40. The normalized spacial score (nSPS) is 9.96. The number of carbonyl (C=O) groups is 2. The summed E-state index contributed by atoms with van der Waals surface area (Å²) in [4.78, 5) is 27.4. The van der Waals surface area contributed by atoms with Gasteiger partial charge in [0.25, 0.3) is 0 Å². The number of para-hydroxylation sites is 1. The first kappa shape index (κ1) is 16.5. The van der Waals surface area contributed by atoms with Crippen LogP contribution in [0, 0.1) is 0 Å². The third kappa shape index (κ3) is 5.10. The van der Waals surface area contributed by atoms with Gasteiger partial charge in [0, 0.05) is 25.5 Å². The average Bonchev–Trinajstić information content (AvgIpc) is 2.60. The Balaban J connectivity index is 1.75. The fourth-order valence-corrected chi connectivity index (χ4v) is 2.07. The van der Waals surface area contributed by atoms with Crippen molar-refractivity contribution in [3.05, 3.63) is 59.9 Å². The summed E-state index contributed by atoms with van der Waals surface area (Å²) in [5, 5.41) is 5.15. The number of methoxy groups -OCH3 is 1. The van der Waals surface area contributed by atoms with Crippen LogP contribution in [-0.4, -0.2) is 30.5 Å². The van der Waals surface area contributed by atoms with Crippen LogP contribution in [0.1, 0.15) is 11.1 Å². The van der Waals surface area contributed by atoms with Crippen LogP contribution < -0.4 is 15.4 Å². The summed E-state index contributed by atoms with van der Waals surface area (Å²) < 4.78 is 5.24. The van der Waals surface area contributed by atoms with Gasteiger partial charge in [-0.1, -0.05) is 24.3 Å². The Morgan fingerprint density at radius 2 is 1.87 bits per heavy atom. The molecule has 0 aliphatic heterocycles. The van der Waals surface area contributed by atoms with E-state index in [1.807, 2.05) is 30.3 Å². The average molecular weight is 313 g/mol. The molecule has 0 aliphatic carbocycles. The van der Waals surface area contributed by atoms with E-state index in [0.29, 0.717) is 13.0 Å². The van der Waals surface area contributed by atoms with Crippen molar-refractivity contribution >= 4 is 11.8 Å². The number of aromatic nitrogens is 1. The number of nitrogens with one attached hydrogen (secondary N) is 2. The van der Waals surface area contributed by atoms with E-state index in [9.17, 15) is 9.59 Å². The van der Waals surface area contributed by atoms with Crippen LogP contribution in [0.5, 0.6) is 5.75 Å². The quantitative estimate of drug-likeness (QED) is 0.782. The summed E-state index contributed by atoms with van der Waals surface area (Å²) in [6, 6.07) is 11.2. The van der Waals surface area contributed by atoms with Crippen LogP contribution in [0.25, 0.3) is 0 Å². The molecule has 23 heavy (non-hydrogen) atoms. The van der Waals surface area contributed by atoms with Crippen molar-refractivity contribution in [3.8, 4) is 5.75 Å². The number of ether oxygens (including phenoxy) is 1. The third-order valence-electron chi connectivity index (χ3n) is 3.25. The molecule has 1 aromatic carbocycles. The number of amides is 2. The van der Waals surface area contributed by atoms with Crippen molar-refractivity contribution < 1.29 is 14.3 Å². The lowest BCUT2D eigenvalue weighted by atomic mass is 10.1. The van der Waals surface area contributed by atoms with Crippen molar-refractivity contribution in [2.45, 2.75) is 13.0 Å². The number of nitrogens with zero attached hydrogens (tertiary/aromatic N) is 1. The first-order valence-electron chi connectivity index (χ1n) is 7.27. The standard InChI is InChI=1S/C17H19N3O3/c1-23-15-7-3-2-6-14(15)8-10-19-16(21)17(22)20-12-13-5-4-9-18-11-13/h2-7,9,11H,8,10,12H2,1H3,(H,19,21)(H,20,22). The molecule has 120 valence electrons. The van der Waals surface area contributed by atoms with E-state index >= 15 is 0 Å². The van der Waals surface area contributed by atoms with Crippen LogP contribution in [-0.2, 0) is 22.6 Å². The van der Waals surface area contributed by atoms with Crippen molar-refractivity contribution in [1.29, 1.82) is 0 Å². The van der Waals surface area contributed by atoms with Crippen LogP contribution in [0.2, 0.25) is 0 Å². The van der Waals surface area contributed by atoms with Crippen molar-refractivity contribution in [3.63, 3.8) is 0 Å². The molecule has 0 bridgehead atoms.